The molecule has 0 radical (unpaired) electrons. The molecule has 0 aliphatic rings. The van der Waals surface area contributed by atoms with E-state index in [4.69, 9.17) is 13.3 Å². The summed E-state index contributed by atoms with van der Waals surface area (Å²) in [5, 5.41) is 20.8. The Hall–Kier alpha value is -9.96. The Bertz CT molecular complexity index is 4870. The number of hydrogen-bond acceptors (Lipinski definition) is 3. The molecule has 3 heteroatoms. The lowest BCUT2D eigenvalue weighted by atomic mass is 9.85. The van der Waals surface area contributed by atoms with Crippen molar-refractivity contribution in [2.24, 2.45) is 0 Å². The van der Waals surface area contributed by atoms with Crippen LogP contribution in [0.1, 0.15) is 0 Å². The first-order chi connectivity index (χ1) is 37.2. The van der Waals surface area contributed by atoms with Crippen LogP contribution >= 0.6 is 0 Å². The minimum Gasteiger partial charge on any atom is -0.456 e. The van der Waals surface area contributed by atoms with Crippen LogP contribution in [-0.4, -0.2) is 0 Å². The van der Waals surface area contributed by atoms with Gasteiger partial charge in [-0.1, -0.05) is 194 Å². The fraction of sp³-hybridized carbons (Fsp3) is 0. The molecular formula is C72H40O3. The van der Waals surface area contributed by atoms with E-state index in [2.05, 4.69) is 243 Å². The molecule has 0 N–H and O–H groups in total. The summed E-state index contributed by atoms with van der Waals surface area (Å²) < 4.78 is 20.5. The first-order valence-electron chi connectivity index (χ1n) is 25.7. The highest BCUT2D eigenvalue weighted by molar-refractivity contribution is 6.27. The van der Waals surface area contributed by atoms with Gasteiger partial charge in [-0.25, -0.2) is 0 Å². The quantitative estimate of drug-likeness (QED) is 0.165. The molecule has 0 aliphatic carbocycles. The van der Waals surface area contributed by atoms with E-state index in [-0.39, 0.29) is 0 Å². The number of furan rings is 3. The summed E-state index contributed by atoms with van der Waals surface area (Å²) in [5.41, 5.74) is 14.5. The van der Waals surface area contributed by atoms with Crippen molar-refractivity contribution in [3.63, 3.8) is 0 Å². The predicted octanol–water partition coefficient (Wildman–Crippen LogP) is 21.0. The summed E-state index contributed by atoms with van der Waals surface area (Å²) in [4.78, 5) is 0. The van der Waals surface area contributed by atoms with E-state index in [9.17, 15) is 0 Å². The Kier molecular flexibility index (Phi) is 8.28. The zero-order valence-electron chi connectivity index (χ0n) is 40.3. The SMILES string of the molecule is c1ccc2cc3c(cc2c1)oc1c(-c2c4ccccc4c(-c4ccc5oc6ccc(-c7c8ccccc8c(-c8cccc9c8oc8cc%10ccccc%10cc89)c8ccccc78)cc6c5c4)c4ccccc24)cccc13. The van der Waals surface area contributed by atoms with Gasteiger partial charge in [0.05, 0.1) is 0 Å². The average molecular weight is 953 g/mol. The third-order valence-electron chi connectivity index (χ3n) is 16.2. The lowest BCUT2D eigenvalue weighted by Gasteiger charge is -2.18. The maximum absolute atomic E-state index is 6.88. The van der Waals surface area contributed by atoms with Crippen LogP contribution in [0.15, 0.2) is 256 Å². The zero-order chi connectivity index (χ0) is 48.9. The van der Waals surface area contributed by atoms with E-state index < -0.39 is 0 Å². The molecule has 0 spiro atoms. The second-order valence-corrected chi connectivity index (χ2v) is 20.2. The van der Waals surface area contributed by atoms with Gasteiger partial charge in [0.1, 0.15) is 33.5 Å². The molecule has 17 rings (SSSR count). The van der Waals surface area contributed by atoms with Crippen molar-refractivity contribution in [1.82, 2.24) is 0 Å². The molecule has 75 heavy (non-hydrogen) atoms. The van der Waals surface area contributed by atoms with Gasteiger partial charge < -0.3 is 13.3 Å². The molecule has 0 fully saturated rings. The van der Waals surface area contributed by atoms with Crippen LogP contribution in [0, 0.1) is 0 Å². The summed E-state index contributed by atoms with van der Waals surface area (Å²) in [5.74, 6) is 0. The van der Waals surface area contributed by atoms with Gasteiger partial charge >= 0.3 is 0 Å². The smallest absolute Gasteiger partial charge is 0.143 e. The maximum Gasteiger partial charge on any atom is 0.143 e. The number of benzene rings is 14. The van der Waals surface area contributed by atoms with E-state index in [1.54, 1.807) is 0 Å². The molecule has 0 atom stereocenters. The minimum absolute atomic E-state index is 0.859. The second kappa shape index (κ2) is 15.3. The number of fused-ring (bicyclic) bond motifs is 15. The van der Waals surface area contributed by atoms with Crippen LogP contribution in [0.3, 0.4) is 0 Å². The Morgan fingerprint density at radius 2 is 0.493 bits per heavy atom. The zero-order valence-corrected chi connectivity index (χ0v) is 40.3. The van der Waals surface area contributed by atoms with Crippen LogP contribution < -0.4 is 0 Å². The summed E-state index contributed by atoms with van der Waals surface area (Å²) in [7, 11) is 0. The highest BCUT2D eigenvalue weighted by Crippen LogP contribution is 2.50. The van der Waals surface area contributed by atoms with Gasteiger partial charge in [-0.05, 0) is 135 Å². The van der Waals surface area contributed by atoms with Crippen LogP contribution in [0.25, 0.3) is 175 Å². The minimum atomic E-state index is 0.859. The van der Waals surface area contributed by atoms with Crippen molar-refractivity contribution in [3.05, 3.63) is 243 Å². The Balaban J connectivity index is 0.858. The lowest BCUT2D eigenvalue weighted by molar-refractivity contribution is 0.669. The van der Waals surface area contributed by atoms with Gasteiger partial charge in [-0.15, -0.1) is 0 Å². The largest absolute Gasteiger partial charge is 0.456 e. The van der Waals surface area contributed by atoms with Gasteiger partial charge in [-0.2, -0.15) is 0 Å². The van der Waals surface area contributed by atoms with E-state index in [1.807, 2.05) is 0 Å². The van der Waals surface area contributed by atoms with Crippen molar-refractivity contribution in [3.8, 4) is 44.5 Å². The fourth-order valence-electron chi connectivity index (χ4n) is 12.9. The van der Waals surface area contributed by atoms with E-state index in [0.717, 1.165) is 88.1 Å². The molecule has 3 heterocycles. The Morgan fingerprint density at radius 1 is 0.187 bits per heavy atom. The molecule has 14 aromatic carbocycles. The van der Waals surface area contributed by atoms with Crippen molar-refractivity contribution >= 4 is 130 Å². The van der Waals surface area contributed by atoms with Gasteiger partial charge in [0.2, 0.25) is 0 Å². The maximum atomic E-state index is 6.88. The Morgan fingerprint density at radius 3 is 0.867 bits per heavy atom. The van der Waals surface area contributed by atoms with Gasteiger partial charge in [0.25, 0.3) is 0 Å². The number of hydrogen-bond donors (Lipinski definition) is 0. The first-order valence-corrected chi connectivity index (χ1v) is 25.7. The van der Waals surface area contributed by atoms with Gasteiger partial charge in [0.15, 0.2) is 0 Å². The summed E-state index contributed by atoms with van der Waals surface area (Å²) in [6, 6.07) is 88.0. The molecule has 17 aromatic rings. The van der Waals surface area contributed by atoms with E-state index in [0.29, 0.717) is 0 Å². The van der Waals surface area contributed by atoms with Crippen molar-refractivity contribution in [2.45, 2.75) is 0 Å². The molecule has 3 aromatic heterocycles. The molecule has 0 amide bonds. The Labute approximate surface area is 428 Å². The summed E-state index contributed by atoms with van der Waals surface area (Å²) >= 11 is 0. The molecule has 0 bridgehead atoms. The highest BCUT2D eigenvalue weighted by atomic mass is 16.3. The standard InChI is InChI=1S/C72H40O3/c1-3-17-43-39-65-59(35-41(43)15-1)55-27-13-29-57(71(55)74-65)69-51-23-9-5-19-47(51)67(48-20-6-10-24-52(48)69)45-31-33-63-61(37-45)62-38-46(32-34-64(62)73-63)68-49-21-7-11-25-53(49)70(54-26-12-8-22-50(54)68)58-30-14-28-56-60-36-42-16-2-4-18-44(42)40-66(60)75-72(56)58/h1-40H. The summed E-state index contributed by atoms with van der Waals surface area (Å²) in [6.07, 6.45) is 0. The molecule has 346 valence electrons. The van der Waals surface area contributed by atoms with Crippen LogP contribution in [-0.2, 0) is 0 Å². The molecule has 0 aliphatic heterocycles. The van der Waals surface area contributed by atoms with Crippen molar-refractivity contribution in [1.29, 1.82) is 0 Å². The third-order valence-corrected chi connectivity index (χ3v) is 16.2. The first kappa shape index (κ1) is 40.6. The predicted molar refractivity (Wildman–Crippen MR) is 315 cm³/mol. The van der Waals surface area contributed by atoms with E-state index >= 15 is 0 Å². The average Bonchev–Trinajstić information content (AvgIpc) is 4.17. The molecule has 0 saturated heterocycles. The molecule has 0 unspecified atom stereocenters. The molecule has 3 nitrogen and oxygen atoms in total. The van der Waals surface area contributed by atoms with Gasteiger partial charge in [-0.3, -0.25) is 0 Å². The van der Waals surface area contributed by atoms with Crippen LogP contribution in [0.4, 0.5) is 0 Å². The highest BCUT2D eigenvalue weighted by Gasteiger charge is 2.24. The molecule has 0 saturated carbocycles. The number of rotatable bonds is 4. The third kappa shape index (κ3) is 5.81. The van der Waals surface area contributed by atoms with E-state index in [1.165, 1.54) is 86.9 Å². The number of para-hydroxylation sites is 2. The fourth-order valence-corrected chi connectivity index (χ4v) is 12.9. The normalized spacial score (nSPS) is 12.3. The monoisotopic (exact) mass is 952 g/mol. The topological polar surface area (TPSA) is 39.4 Å². The van der Waals surface area contributed by atoms with Gasteiger partial charge in [0, 0.05) is 54.6 Å². The van der Waals surface area contributed by atoms with Crippen LogP contribution in [0.2, 0.25) is 0 Å². The summed E-state index contributed by atoms with van der Waals surface area (Å²) in [6.45, 7) is 0. The lowest BCUT2D eigenvalue weighted by Crippen LogP contribution is -1.91. The van der Waals surface area contributed by atoms with Crippen LogP contribution in [0.5, 0.6) is 0 Å². The van der Waals surface area contributed by atoms with Crippen molar-refractivity contribution in [2.75, 3.05) is 0 Å². The second-order valence-electron chi connectivity index (χ2n) is 20.2. The molecular weight excluding hydrogens is 913 g/mol. The van der Waals surface area contributed by atoms with Crippen molar-refractivity contribution < 1.29 is 13.3 Å².